The Balaban J connectivity index is 2.27. The van der Waals surface area contributed by atoms with Crippen molar-refractivity contribution >= 4 is 11.8 Å². The van der Waals surface area contributed by atoms with Crippen molar-refractivity contribution in [3.63, 3.8) is 0 Å². The van der Waals surface area contributed by atoms with Gasteiger partial charge in [-0.1, -0.05) is 51.1 Å². The van der Waals surface area contributed by atoms with E-state index >= 15 is 0 Å². The van der Waals surface area contributed by atoms with Gasteiger partial charge in [-0.2, -0.15) is 0 Å². The third kappa shape index (κ3) is 6.84. The predicted octanol–water partition coefficient (Wildman–Crippen LogP) is 4.88. The molecule has 2 aromatic carbocycles. The summed E-state index contributed by atoms with van der Waals surface area (Å²) in [7, 11) is 0. The highest BCUT2D eigenvalue weighted by molar-refractivity contribution is 5.88. The lowest BCUT2D eigenvalue weighted by Crippen LogP contribution is -2.50. The Hall–Kier alpha value is -2.82. The average molecular weight is 439 g/mol. The number of aryl methyl sites for hydroxylation is 3. The molecule has 0 aliphatic rings. The van der Waals surface area contributed by atoms with Crippen LogP contribution in [0, 0.1) is 33.6 Å². The Bertz CT molecular complexity index is 936. The topological polar surface area (TPSA) is 58.6 Å². The summed E-state index contributed by atoms with van der Waals surface area (Å²) in [5.41, 5.74) is 5.36. The molecule has 0 aliphatic carbocycles. The molecule has 0 radical (unpaired) electrons. The Morgan fingerprint density at radius 2 is 1.72 bits per heavy atom. The third-order valence-corrected chi connectivity index (χ3v) is 5.79. The lowest BCUT2D eigenvalue weighted by Gasteiger charge is -2.31. The van der Waals surface area contributed by atoms with Crippen LogP contribution in [0.1, 0.15) is 55.0 Å². The van der Waals surface area contributed by atoms with E-state index in [1.54, 1.807) is 4.90 Å². The van der Waals surface area contributed by atoms with Crippen LogP contribution < -0.4 is 10.1 Å². The molecule has 174 valence electrons. The van der Waals surface area contributed by atoms with E-state index in [0.29, 0.717) is 31.2 Å². The van der Waals surface area contributed by atoms with E-state index in [1.165, 1.54) is 0 Å². The fraction of sp³-hybridized carbons (Fsp3) is 0.481. The summed E-state index contributed by atoms with van der Waals surface area (Å²) in [6.07, 6.45) is 0.532. The Labute approximate surface area is 193 Å². The van der Waals surface area contributed by atoms with Gasteiger partial charge < -0.3 is 15.0 Å². The van der Waals surface area contributed by atoms with Crippen molar-refractivity contribution in [3.05, 3.63) is 64.2 Å². The van der Waals surface area contributed by atoms with Crippen molar-refractivity contribution < 1.29 is 14.3 Å². The van der Waals surface area contributed by atoms with Gasteiger partial charge in [0.1, 0.15) is 11.8 Å². The van der Waals surface area contributed by atoms with Crippen LogP contribution in [0.4, 0.5) is 0 Å². The first kappa shape index (κ1) is 25.4. The second kappa shape index (κ2) is 11.7. The fourth-order valence-electron chi connectivity index (χ4n) is 3.69. The number of carbonyl (C=O) groups is 2. The van der Waals surface area contributed by atoms with E-state index < -0.39 is 6.04 Å². The largest absolute Gasteiger partial charge is 0.483 e. The molecule has 0 fully saturated rings. The first-order chi connectivity index (χ1) is 15.1. The van der Waals surface area contributed by atoms with Crippen LogP contribution >= 0.6 is 0 Å². The van der Waals surface area contributed by atoms with E-state index in [-0.39, 0.29) is 18.4 Å². The summed E-state index contributed by atoms with van der Waals surface area (Å²) in [6.45, 7) is 15.0. The Morgan fingerprint density at radius 3 is 2.34 bits per heavy atom. The molecular formula is C27H38N2O3. The van der Waals surface area contributed by atoms with Crippen LogP contribution in [-0.2, 0) is 16.1 Å². The minimum Gasteiger partial charge on any atom is -0.483 e. The van der Waals surface area contributed by atoms with Crippen LogP contribution in [0.15, 0.2) is 36.4 Å². The number of carbonyl (C=O) groups excluding carboxylic acids is 2. The SMILES string of the molecule is CCC(C(=O)NCC(C)C)N(Cc1ccccc1C)C(=O)COc1cc(C)cc(C)c1C. The van der Waals surface area contributed by atoms with Gasteiger partial charge in [-0.3, -0.25) is 9.59 Å². The standard InChI is InChI=1S/C27H38N2O3/c1-8-24(27(31)28-15-18(2)3)29(16-23-12-10-9-11-20(23)5)26(30)17-32-25-14-19(4)13-21(6)22(25)7/h9-14,18,24H,8,15-17H2,1-7H3,(H,28,31). The molecule has 0 aromatic heterocycles. The van der Waals surface area contributed by atoms with E-state index in [4.69, 9.17) is 4.74 Å². The summed E-state index contributed by atoms with van der Waals surface area (Å²) < 4.78 is 5.96. The summed E-state index contributed by atoms with van der Waals surface area (Å²) in [5.74, 6) is 0.737. The first-order valence-corrected chi connectivity index (χ1v) is 11.5. The lowest BCUT2D eigenvalue weighted by molar-refractivity contribution is -0.143. The van der Waals surface area contributed by atoms with Gasteiger partial charge in [-0.15, -0.1) is 0 Å². The number of nitrogens with zero attached hydrogens (tertiary/aromatic N) is 1. The molecule has 2 aromatic rings. The molecule has 2 amide bonds. The molecule has 0 saturated heterocycles. The van der Waals surface area contributed by atoms with Gasteiger partial charge >= 0.3 is 0 Å². The zero-order valence-electron chi connectivity index (χ0n) is 20.6. The van der Waals surface area contributed by atoms with Gasteiger partial charge in [-0.05, 0) is 73.9 Å². The number of hydrogen-bond donors (Lipinski definition) is 1. The minimum atomic E-state index is -0.551. The zero-order chi connectivity index (χ0) is 23.8. The van der Waals surface area contributed by atoms with Gasteiger partial charge in [0.05, 0.1) is 0 Å². The summed E-state index contributed by atoms with van der Waals surface area (Å²) in [5, 5.41) is 2.99. The molecule has 0 spiro atoms. The average Bonchev–Trinajstić information content (AvgIpc) is 2.74. The van der Waals surface area contributed by atoms with Crippen molar-refractivity contribution in [2.45, 2.75) is 67.5 Å². The van der Waals surface area contributed by atoms with E-state index in [1.807, 2.05) is 65.0 Å². The van der Waals surface area contributed by atoms with Crippen molar-refractivity contribution in [1.82, 2.24) is 10.2 Å². The highest BCUT2D eigenvalue weighted by Gasteiger charge is 2.29. The van der Waals surface area contributed by atoms with E-state index in [0.717, 1.165) is 27.8 Å². The number of nitrogens with one attached hydrogen (secondary N) is 1. The van der Waals surface area contributed by atoms with Crippen molar-refractivity contribution in [1.29, 1.82) is 0 Å². The smallest absolute Gasteiger partial charge is 0.261 e. The number of benzene rings is 2. The summed E-state index contributed by atoms with van der Waals surface area (Å²) in [4.78, 5) is 28.0. The second-order valence-electron chi connectivity index (χ2n) is 9.00. The minimum absolute atomic E-state index is 0.108. The van der Waals surface area contributed by atoms with Crippen molar-refractivity contribution in [3.8, 4) is 5.75 Å². The highest BCUT2D eigenvalue weighted by Crippen LogP contribution is 2.24. The van der Waals surface area contributed by atoms with E-state index in [9.17, 15) is 9.59 Å². The van der Waals surface area contributed by atoms with Crippen LogP contribution in [0.2, 0.25) is 0 Å². The molecule has 5 heteroatoms. The number of ether oxygens (including phenoxy) is 1. The van der Waals surface area contributed by atoms with Gasteiger partial charge in [0.25, 0.3) is 5.91 Å². The normalized spacial score (nSPS) is 11.9. The molecule has 1 N–H and O–H groups in total. The maximum absolute atomic E-state index is 13.4. The molecule has 5 nitrogen and oxygen atoms in total. The van der Waals surface area contributed by atoms with Gasteiger partial charge in [0.15, 0.2) is 6.61 Å². The van der Waals surface area contributed by atoms with Gasteiger partial charge in [-0.25, -0.2) is 0 Å². The van der Waals surface area contributed by atoms with Crippen LogP contribution in [0.3, 0.4) is 0 Å². The zero-order valence-corrected chi connectivity index (χ0v) is 20.6. The number of hydrogen-bond acceptors (Lipinski definition) is 3. The predicted molar refractivity (Wildman–Crippen MR) is 130 cm³/mol. The quantitative estimate of drug-likeness (QED) is 0.575. The third-order valence-electron chi connectivity index (χ3n) is 5.79. The number of rotatable bonds is 10. The highest BCUT2D eigenvalue weighted by atomic mass is 16.5. The molecule has 32 heavy (non-hydrogen) atoms. The monoisotopic (exact) mass is 438 g/mol. The molecule has 0 bridgehead atoms. The van der Waals surface area contributed by atoms with Crippen LogP contribution in [0.5, 0.6) is 5.75 Å². The lowest BCUT2D eigenvalue weighted by atomic mass is 10.1. The van der Waals surface area contributed by atoms with Crippen molar-refractivity contribution in [2.24, 2.45) is 5.92 Å². The molecular weight excluding hydrogens is 400 g/mol. The molecule has 0 saturated carbocycles. The maximum atomic E-state index is 13.4. The second-order valence-corrected chi connectivity index (χ2v) is 9.00. The first-order valence-electron chi connectivity index (χ1n) is 11.5. The van der Waals surface area contributed by atoms with E-state index in [2.05, 4.69) is 25.2 Å². The molecule has 2 rings (SSSR count). The van der Waals surface area contributed by atoms with Crippen LogP contribution in [0.25, 0.3) is 0 Å². The molecule has 1 atom stereocenters. The van der Waals surface area contributed by atoms with Gasteiger partial charge in [0.2, 0.25) is 5.91 Å². The molecule has 0 aliphatic heterocycles. The summed E-state index contributed by atoms with van der Waals surface area (Å²) >= 11 is 0. The fourth-order valence-corrected chi connectivity index (χ4v) is 3.69. The maximum Gasteiger partial charge on any atom is 0.261 e. The molecule has 0 heterocycles. The number of amides is 2. The molecule has 1 unspecified atom stereocenters. The van der Waals surface area contributed by atoms with Crippen molar-refractivity contribution in [2.75, 3.05) is 13.2 Å². The Kier molecular flexibility index (Phi) is 9.30. The Morgan fingerprint density at radius 1 is 1.03 bits per heavy atom. The van der Waals surface area contributed by atoms with Gasteiger partial charge in [0, 0.05) is 13.1 Å². The van der Waals surface area contributed by atoms with Crippen LogP contribution in [-0.4, -0.2) is 35.9 Å². The summed E-state index contributed by atoms with van der Waals surface area (Å²) in [6, 6.07) is 11.5.